The van der Waals surface area contributed by atoms with Crippen molar-refractivity contribution >= 4 is 17.7 Å². The largest absolute Gasteiger partial charge is 0.335 e. The van der Waals surface area contributed by atoms with E-state index in [2.05, 4.69) is 10.4 Å². The van der Waals surface area contributed by atoms with Gasteiger partial charge in [0, 0.05) is 45.5 Å². The molecule has 1 unspecified atom stereocenters. The van der Waals surface area contributed by atoms with Crippen LogP contribution in [-0.4, -0.2) is 70.9 Å². The fourth-order valence-corrected chi connectivity index (χ4v) is 4.03. The van der Waals surface area contributed by atoms with Crippen molar-refractivity contribution in [1.29, 1.82) is 0 Å². The molecule has 1 aromatic heterocycles. The number of nitrogens with one attached hydrogen (secondary N) is 1. The normalized spacial score (nSPS) is 24.6. The topological polar surface area (TPSA) is 73.7 Å². The van der Waals surface area contributed by atoms with Crippen LogP contribution in [-0.2, 0) is 0 Å². The van der Waals surface area contributed by atoms with Gasteiger partial charge in [0.2, 0.25) is 0 Å². The molecule has 1 N–H and O–H groups in total. The quantitative estimate of drug-likeness (QED) is 0.904. The molecule has 3 heterocycles. The van der Waals surface area contributed by atoms with Crippen molar-refractivity contribution in [2.75, 3.05) is 38.1 Å². The predicted octanol–water partition coefficient (Wildman–Crippen LogP) is 1.65. The maximum absolute atomic E-state index is 12.4. The monoisotopic (exact) mass is 346 g/mol. The van der Waals surface area contributed by atoms with Gasteiger partial charge < -0.3 is 15.1 Å². The molecule has 4 amide bonds. The number of urea groups is 2. The second-order valence-corrected chi connectivity index (χ2v) is 7.35. The molecular weight excluding hydrogens is 320 g/mol. The van der Waals surface area contributed by atoms with Gasteiger partial charge in [-0.3, -0.25) is 9.58 Å². The summed E-state index contributed by atoms with van der Waals surface area (Å²) in [6.07, 6.45) is 9.21. The molecule has 1 aliphatic carbocycles. The summed E-state index contributed by atoms with van der Waals surface area (Å²) in [7, 11) is 1.81. The summed E-state index contributed by atoms with van der Waals surface area (Å²) in [6.45, 7) is 2.86. The third-order valence-corrected chi connectivity index (χ3v) is 5.62. The molecule has 25 heavy (non-hydrogen) atoms. The Morgan fingerprint density at radius 3 is 2.72 bits per heavy atom. The summed E-state index contributed by atoms with van der Waals surface area (Å²) in [5, 5.41) is 7.60. The molecule has 1 saturated carbocycles. The van der Waals surface area contributed by atoms with E-state index in [1.807, 2.05) is 22.8 Å². The molecule has 2 aliphatic heterocycles. The second kappa shape index (κ2) is 6.57. The Morgan fingerprint density at radius 2 is 2.00 bits per heavy atom. The first-order chi connectivity index (χ1) is 12.1. The van der Waals surface area contributed by atoms with Crippen LogP contribution in [0.2, 0.25) is 0 Å². The molecule has 3 fully saturated rings. The zero-order valence-corrected chi connectivity index (χ0v) is 14.7. The van der Waals surface area contributed by atoms with E-state index in [0.29, 0.717) is 19.1 Å². The van der Waals surface area contributed by atoms with Crippen LogP contribution in [0.5, 0.6) is 0 Å². The first-order valence-corrected chi connectivity index (χ1v) is 9.24. The first kappa shape index (κ1) is 16.2. The predicted molar refractivity (Wildman–Crippen MR) is 93.6 cm³/mol. The minimum atomic E-state index is 0.0172. The third-order valence-electron chi connectivity index (χ3n) is 5.62. The Labute approximate surface area is 147 Å². The SMILES string of the molecule is CN1CCN(c2cnn(C3CCN(C(=O)NC4CCCC4)C3)c2)C1=O. The molecule has 0 aromatic carbocycles. The van der Waals surface area contributed by atoms with Gasteiger partial charge in [0.1, 0.15) is 0 Å². The number of nitrogens with zero attached hydrogens (tertiary/aromatic N) is 5. The van der Waals surface area contributed by atoms with Gasteiger partial charge in [-0.25, -0.2) is 9.59 Å². The van der Waals surface area contributed by atoms with Crippen molar-refractivity contribution < 1.29 is 9.59 Å². The number of likely N-dealkylation sites (tertiary alicyclic amines) is 1. The first-order valence-electron chi connectivity index (χ1n) is 9.24. The maximum Gasteiger partial charge on any atom is 0.324 e. The summed E-state index contributed by atoms with van der Waals surface area (Å²) >= 11 is 0. The lowest BCUT2D eigenvalue weighted by molar-refractivity contribution is 0.202. The zero-order chi connectivity index (χ0) is 17.4. The van der Waals surface area contributed by atoms with Crippen LogP contribution in [0.15, 0.2) is 12.4 Å². The molecule has 8 nitrogen and oxygen atoms in total. The number of aromatic nitrogens is 2. The summed E-state index contributed by atoms with van der Waals surface area (Å²) in [4.78, 5) is 29.8. The lowest BCUT2D eigenvalue weighted by Crippen LogP contribution is -2.43. The fraction of sp³-hybridized carbons (Fsp3) is 0.706. The number of rotatable bonds is 3. The van der Waals surface area contributed by atoms with E-state index in [9.17, 15) is 9.59 Å². The number of amides is 4. The van der Waals surface area contributed by atoms with Crippen molar-refractivity contribution in [3.05, 3.63) is 12.4 Å². The van der Waals surface area contributed by atoms with Crippen LogP contribution >= 0.6 is 0 Å². The van der Waals surface area contributed by atoms with Crippen molar-refractivity contribution in [2.24, 2.45) is 0 Å². The number of hydrogen-bond donors (Lipinski definition) is 1. The van der Waals surface area contributed by atoms with Gasteiger partial charge in [0.15, 0.2) is 0 Å². The lowest BCUT2D eigenvalue weighted by atomic mass is 10.2. The van der Waals surface area contributed by atoms with Crippen LogP contribution in [0.25, 0.3) is 0 Å². The van der Waals surface area contributed by atoms with Gasteiger partial charge >= 0.3 is 12.1 Å². The molecule has 1 aromatic rings. The molecule has 0 spiro atoms. The molecule has 3 aliphatic rings. The highest BCUT2D eigenvalue weighted by Crippen LogP contribution is 2.26. The van der Waals surface area contributed by atoms with Gasteiger partial charge in [-0.2, -0.15) is 5.10 Å². The Hall–Kier alpha value is -2.25. The zero-order valence-electron chi connectivity index (χ0n) is 14.7. The average molecular weight is 346 g/mol. The number of likely N-dealkylation sites (N-methyl/N-ethyl adjacent to an activating group) is 1. The Kier molecular flexibility index (Phi) is 4.27. The van der Waals surface area contributed by atoms with E-state index in [0.717, 1.165) is 38.0 Å². The summed E-state index contributed by atoms with van der Waals surface area (Å²) in [5.74, 6) is 0. The van der Waals surface area contributed by atoms with Crippen LogP contribution in [0.1, 0.15) is 38.1 Å². The molecule has 136 valence electrons. The van der Waals surface area contributed by atoms with E-state index >= 15 is 0 Å². The minimum Gasteiger partial charge on any atom is -0.335 e. The number of carbonyl (C=O) groups is 2. The smallest absolute Gasteiger partial charge is 0.324 e. The van der Waals surface area contributed by atoms with Crippen molar-refractivity contribution in [3.63, 3.8) is 0 Å². The van der Waals surface area contributed by atoms with Crippen LogP contribution < -0.4 is 10.2 Å². The molecule has 8 heteroatoms. The van der Waals surface area contributed by atoms with E-state index in [-0.39, 0.29) is 18.1 Å². The second-order valence-electron chi connectivity index (χ2n) is 7.35. The maximum atomic E-state index is 12.4. The van der Waals surface area contributed by atoms with Gasteiger partial charge in [-0.15, -0.1) is 0 Å². The average Bonchev–Trinajstić information content (AvgIpc) is 3.35. The Balaban J connectivity index is 1.35. The van der Waals surface area contributed by atoms with Crippen LogP contribution in [0, 0.1) is 0 Å². The van der Waals surface area contributed by atoms with Crippen molar-refractivity contribution in [3.8, 4) is 0 Å². The fourth-order valence-electron chi connectivity index (χ4n) is 4.03. The van der Waals surface area contributed by atoms with Crippen LogP contribution in [0.4, 0.5) is 15.3 Å². The summed E-state index contributed by atoms with van der Waals surface area (Å²) < 4.78 is 1.91. The highest BCUT2D eigenvalue weighted by molar-refractivity contribution is 5.93. The van der Waals surface area contributed by atoms with E-state index in [4.69, 9.17) is 0 Å². The van der Waals surface area contributed by atoms with Gasteiger partial charge in [0.05, 0.1) is 17.9 Å². The van der Waals surface area contributed by atoms with Gasteiger partial charge in [0.25, 0.3) is 0 Å². The summed E-state index contributed by atoms with van der Waals surface area (Å²) in [6, 6.07) is 0.598. The van der Waals surface area contributed by atoms with Crippen molar-refractivity contribution in [2.45, 2.75) is 44.2 Å². The van der Waals surface area contributed by atoms with E-state index in [1.165, 1.54) is 12.8 Å². The molecule has 0 bridgehead atoms. The molecule has 2 saturated heterocycles. The van der Waals surface area contributed by atoms with Gasteiger partial charge in [-0.1, -0.05) is 12.8 Å². The minimum absolute atomic E-state index is 0.0172. The van der Waals surface area contributed by atoms with Crippen LogP contribution in [0.3, 0.4) is 0 Å². The number of anilines is 1. The Bertz CT molecular complexity index is 653. The molecular formula is C17H26N6O2. The van der Waals surface area contributed by atoms with Gasteiger partial charge in [-0.05, 0) is 19.3 Å². The highest BCUT2D eigenvalue weighted by atomic mass is 16.2. The third kappa shape index (κ3) is 3.17. The van der Waals surface area contributed by atoms with E-state index < -0.39 is 0 Å². The number of carbonyl (C=O) groups excluding carboxylic acids is 2. The standard InChI is InChI=1S/C17H26N6O2/c1-20-8-9-22(17(20)25)15-10-18-23(12-15)14-6-7-21(11-14)16(24)19-13-4-2-3-5-13/h10,12-14H,2-9,11H2,1H3,(H,19,24). The highest BCUT2D eigenvalue weighted by Gasteiger charge is 2.31. The molecule has 0 radical (unpaired) electrons. The van der Waals surface area contributed by atoms with E-state index in [1.54, 1.807) is 16.0 Å². The van der Waals surface area contributed by atoms with Crippen molar-refractivity contribution in [1.82, 2.24) is 24.9 Å². The summed E-state index contributed by atoms with van der Waals surface area (Å²) in [5.41, 5.74) is 0.836. The number of hydrogen-bond acceptors (Lipinski definition) is 3. The molecule has 1 atom stereocenters. The lowest BCUT2D eigenvalue weighted by Gasteiger charge is -2.20. The molecule has 4 rings (SSSR count). The Morgan fingerprint density at radius 1 is 1.20 bits per heavy atom.